The lowest BCUT2D eigenvalue weighted by molar-refractivity contribution is -0.0177. The molecule has 2 nitrogen and oxygen atoms in total. The van der Waals surface area contributed by atoms with Crippen molar-refractivity contribution in [1.82, 2.24) is 0 Å². The minimum Gasteiger partial charge on any atom is -0.489 e. The Morgan fingerprint density at radius 1 is 1.11 bits per heavy atom. The molecule has 150 valence electrons. The summed E-state index contributed by atoms with van der Waals surface area (Å²) in [6, 6.07) is 17.1. The molecule has 0 amide bonds. The van der Waals surface area contributed by atoms with Gasteiger partial charge in [0.05, 0.1) is 0 Å². The highest BCUT2D eigenvalue weighted by Gasteiger charge is 2.47. The monoisotopic (exact) mass is 378 g/mol. The van der Waals surface area contributed by atoms with Crippen LogP contribution in [0.25, 0.3) is 0 Å². The van der Waals surface area contributed by atoms with Crippen molar-refractivity contribution in [3.63, 3.8) is 0 Å². The van der Waals surface area contributed by atoms with E-state index in [1.54, 1.807) is 5.56 Å². The third-order valence-corrected chi connectivity index (χ3v) is 7.43. The molecule has 0 bridgehead atoms. The van der Waals surface area contributed by atoms with Crippen LogP contribution in [0.4, 0.5) is 0 Å². The van der Waals surface area contributed by atoms with Gasteiger partial charge in [-0.1, -0.05) is 56.7 Å². The Bertz CT molecular complexity index is 784. The average Bonchev–Trinajstić information content (AvgIpc) is 2.74. The van der Waals surface area contributed by atoms with E-state index in [2.05, 4.69) is 56.3 Å². The van der Waals surface area contributed by atoms with Crippen LogP contribution in [0.15, 0.2) is 48.5 Å². The second-order valence-electron chi connectivity index (χ2n) is 9.19. The van der Waals surface area contributed by atoms with Gasteiger partial charge in [0, 0.05) is 6.61 Å². The van der Waals surface area contributed by atoms with E-state index in [-0.39, 0.29) is 5.41 Å². The van der Waals surface area contributed by atoms with Crippen LogP contribution in [0.2, 0.25) is 0 Å². The van der Waals surface area contributed by atoms with Gasteiger partial charge in [0.1, 0.15) is 12.4 Å². The third-order valence-electron chi connectivity index (χ3n) is 7.43. The fourth-order valence-electron chi connectivity index (χ4n) is 5.85. The van der Waals surface area contributed by atoms with Gasteiger partial charge in [0.25, 0.3) is 0 Å². The number of hydrogen-bond acceptors (Lipinski definition) is 2. The van der Waals surface area contributed by atoms with Crippen molar-refractivity contribution in [2.75, 3.05) is 6.61 Å². The van der Waals surface area contributed by atoms with Gasteiger partial charge in [-0.05, 0) is 84.1 Å². The molecule has 2 aliphatic carbocycles. The fraction of sp³-hybridized carbons (Fsp3) is 0.538. The molecule has 2 aromatic rings. The standard InChI is InChI=1S/C26H34O2/c1-3-7-25-24-12-10-20-16-21(28-17-19-8-5-4-6-9-19)11-13-22(20)23(24)14-15-26(25,2)18-27/h4-6,8-9,11,13,16,23-25,27H,3,7,10,12,14-15,17-18H2,1-2H3/t23?,24?,25?,26-/m1/s1. The first kappa shape index (κ1) is 19.5. The van der Waals surface area contributed by atoms with E-state index < -0.39 is 0 Å². The lowest BCUT2D eigenvalue weighted by Crippen LogP contribution is -2.44. The van der Waals surface area contributed by atoms with Crippen LogP contribution in [0, 0.1) is 17.3 Å². The van der Waals surface area contributed by atoms with Crippen molar-refractivity contribution in [2.45, 2.75) is 64.9 Å². The molecule has 1 fully saturated rings. The lowest BCUT2D eigenvalue weighted by atomic mass is 9.54. The van der Waals surface area contributed by atoms with Crippen LogP contribution in [0.3, 0.4) is 0 Å². The molecular weight excluding hydrogens is 344 g/mol. The molecule has 0 heterocycles. The molecule has 3 unspecified atom stereocenters. The molecule has 4 rings (SSSR count). The Hall–Kier alpha value is -1.80. The summed E-state index contributed by atoms with van der Waals surface area (Å²) in [5.41, 5.74) is 4.34. The van der Waals surface area contributed by atoms with Gasteiger partial charge in [-0.25, -0.2) is 0 Å². The van der Waals surface area contributed by atoms with Crippen LogP contribution in [0.5, 0.6) is 5.75 Å². The first-order valence-electron chi connectivity index (χ1n) is 11.0. The van der Waals surface area contributed by atoms with Crippen LogP contribution >= 0.6 is 0 Å². The number of benzene rings is 2. The first-order valence-corrected chi connectivity index (χ1v) is 11.0. The summed E-state index contributed by atoms with van der Waals surface area (Å²) < 4.78 is 6.07. The molecule has 2 heteroatoms. The lowest BCUT2D eigenvalue weighted by Gasteiger charge is -2.51. The van der Waals surface area contributed by atoms with E-state index in [0.717, 1.165) is 24.5 Å². The predicted molar refractivity (Wildman–Crippen MR) is 115 cm³/mol. The molecule has 1 saturated carbocycles. The molecule has 0 spiro atoms. The molecule has 0 saturated heterocycles. The van der Waals surface area contributed by atoms with Crippen molar-refractivity contribution >= 4 is 0 Å². The summed E-state index contributed by atoms with van der Waals surface area (Å²) >= 11 is 0. The van der Waals surface area contributed by atoms with E-state index in [9.17, 15) is 5.11 Å². The summed E-state index contributed by atoms with van der Waals surface area (Å²) in [6.07, 6.45) is 7.19. The molecule has 0 aromatic heterocycles. The minimum atomic E-state index is 0.105. The highest BCUT2D eigenvalue weighted by Crippen LogP contribution is 2.56. The average molecular weight is 379 g/mol. The zero-order valence-electron chi connectivity index (χ0n) is 17.4. The number of hydrogen-bond donors (Lipinski definition) is 1. The van der Waals surface area contributed by atoms with Crippen LogP contribution in [-0.2, 0) is 13.0 Å². The van der Waals surface area contributed by atoms with Gasteiger partial charge < -0.3 is 9.84 Å². The SMILES string of the molecule is CCCC1C2CCc3cc(OCc4ccccc4)ccc3C2CC[C@]1(C)CO. The number of aliphatic hydroxyl groups excluding tert-OH is 1. The van der Waals surface area contributed by atoms with E-state index in [0.29, 0.717) is 25.0 Å². The second-order valence-corrected chi connectivity index (χ2v) is 9.19. The van der Waals surface area contributed by atoms with Crippen molar-refractivity contribution in [3.8, 4) is 5.75 Å². The maximum absolute atomic E-state index is 10.1. The van der Waals surface area contributed by atoms with Crippen LogP contribution < -0.4 is 4.74 Å². The molecular formula is C26H34O2. The van der Waals surface area contributed by atoms with Crippen molar-refractivity contribution in [1.29, 1.82) is 0 Å². The second kappa shape index (κ2) is 8.29. The van der Waals surface area contributed by atoms with Crippen LogP contribution in [-0.4, -0.2) is 11.7 Å². The Labute approximate surface area is 169 Å². The zero-order valence-corrected chi connectivity index (χ0v) is 17.4. The summed E-state index contributed by atoms with van der Waals surface area (Å²) in [7, 11) is 0. The molecule has 1 N–H and O–H groups in total. The first-order chi connectivity index (χ1) is 13.6. The smallest absolute Gasteiger partial charge is 0.120 e. The summed E-state index contributed by atoms with van der Waals surface area (Å²) in [4.78, 5) is 0. The van der Waals surface area contributed by atoms with Gasteiger partial charge in [-0.15, -0.1) is 0 Å². The van der Waals surface area contributed by atoms with Crippen molar-refractivity contribution in [3.05, 3.63) is 65.2 Å². The van der Waals surface area contributed by atoms with Crippen molar-refractivity contribution < 1.29 is 9.84 Å². The van der Waals surface area contributed by atoms with Gasteiger partial charge in [0.2, 0.25) is 0 Å². The summed E-state index contributed by atoms with van der Waals surface area (Å²) in [5.74, 6) is 3.00. The van der Waals surface area contributed by atoms with Gasteiger partial charge >= 0.3 is 0 Å². The molecule has 28 heavy (non-hydrogen) atoms. The van der Waals surface area contributed by atoms with Gasteiger partial charge in [-0.3, -0.25) is 0 Å². The molecule has 2 aliphatic rings. The number of fused-ring (bicyclic) bond motifs is 3. The van der Waals surface area contributed by atoms with E-state index in [4.69, 9.17) is 4.74 Å². The third kappa shape index (κ3) is 3.72. The largest absolute Gasteiger partial charge is 0.489 e. The minimum absolute atomic E-state index is 0.105. The number of aryl methyl sites for hydroxylation is 1. The van der Waals surface area contributed by atoms with Gasteiger partial charge in [0.15, 0.2) is 0 Å². The summed E-state index contributed by atoms with van der Waals surface area (Å²) in [5, 5.41) is 10.1. The normalized spacial score (nSPS) is 29.0. The molecule has 0 radical (unpaired) electrons. The number of aliphatic hydroxyl groups is 1. The van der Waals surface area contributed by atoms with E-state index in [1.165, 1.54) is 36.8 Å². The summed E-state index contributed by atoms with van der Waals surface area (Å²) in [6.45, 7) is 5.56. The Balaban J connectivity index is 1.52. The Morgan fingerprint density at radius 3 is 2.68 bits per heavy atom. The van der Waals surface area contributed by atoms with E-state index in [1.807, 2.05) is 6.07 Å². The topological polar surface area (TPSA) is 29.5 Å². The van der Waals surface area contributed by atoms with Crippen molar-refractivity contribution in [2.24, 2.45) is 17.3 Å². The maximum atomic E-state index is 10.1. The van der Waals surface area contributed by atoms with Gasteiger partial charge in [-0.2, -0.15) is 0 Å². The molecule has 2 aromatic carbocycles. The highest BCUT2D eigenvalue weighted by molar-refractivity contribution is 5.40. The number of rotatable bonds is 6. The van der Waals surface area contributed by atoms with Crippen LogP contribution in [0.1, 0.15) is 68.6 Å². The Morgan fingerprint density at radius 2 is 1.93 bits per heavy atom. The predicted octanol–water partition coefficient (Wildman–Crippen LogP) is 6.12. The quantitative estimate of drug-likeness (QED) is 0.656. The highest BCUT2D eigenvalue weighted by atomic mass is 16.5. The maximum Gasteiger partial charge on any atom is 0.120 e. The van der Waals surface area contributed by atoms with E-state index >= 15 is 0 Å². The molecule has 0 aliphatic heterocycles. The molecule has 4 atom stereocenters. The fourth-order valence-corrected chi connectivity index (χ4v) is 5.85. The Kier molecular flexibility index (Phi) is 5.78. The number of ether oxygens (including phenoxy) is 1. The zero-order chi connectivity index (χ0) is 19.6.